The summed E-state index contributed by atoms with van der Waals surface area (Å²) in [5, 5.41) is 0. The molecule has 1 aromatic heterocycles. The van der Waals surface area contributed by atoms with Gasteiger partial charge in [0.1, 0.15) is 11.5 Å². The summed E-state index contributed by atoms with van der Waals surface area (Å²) in [4.78, 5) is 16.6. The Morgan fingerprint density at radius 2 is 2.11 bits per heavy atom. The lowest BCUT2D eigenvalue weighted by molar-refractivity contribution is -0.133. The number of aryl methyl sites for hydroxylation is 1. The number of amides is 1. The second kappa shape index (κ2) is 7.66. The first-order valence-corrected chi connectivity index (χ1v) is 9.59. The van der Waals surface area contributed by atoms with Crippen molar-refractivity contribution in [1.29, 1.82) is 0 Å². The molecule has 1 aromatic carbocycles. The highest BCUT2D eigenvalue weighted by Gasteiger charge is 2.42. The maximum absolute atomic E-state index is 12.2. The van der Waals surface area contributed by atoms with Crippen molar-refractivity contribution >= 4 is 5.91 Å². The molecule has 142 valence electrons. The molecule has 0 spiro atoms. The molecule has 27 heavy (non-hydrogen) atoms. The van der Waals surface area contributed by atoms with Gasteiger partial charge in [-0.1, -0.05) is 18.2 Å². The normalized spacial score (nSPS) is 27.6. The second-order valence-electron chi connectivity index (χ2n) is 7.58. The molecular formula is C21H26N4O2. The summed E-state index contributed by atoms with van der Waals surface area (Å²) < 4.78 is 6.05. The quantitative estimate of drug-likeness (QED) is 0.774. The highest BCUT2D eigenvalue weighted by atomic mass is 16.5. The van der Waals surface area contributed by atoms with Gasteiger partial charge in [-0.15, -0.1) is 0 Å². The van der Waals surface area contributed by atoms with Crippen LogP contribution in [0.5, 0.6) is 11.5 Å². The number of benzene rings is 1. The first-order chi connectivity index (χ1) is 13.2. The number of hydrogen-bond donors (Lipinski definition) is 3. The monoisotopic (exact) mass is 366 g/mol. The van der Waals surface area contributed by atoms with Crippen LogP contribution in [0, 0.1) is 18.8 Å². The molecular weight excluding hydrogens is 340 g/mol. The lowest BCUT2D eigenvalue weighted by Gasteiger charge is -2.43. The second-order valence-corrected chi connectivity index (χ2v) is 7.58. The van der Waals surface area contributed by atoms with Crippen LogP contribution in [0.3, 0.4) is 0 Å². The zero-order valence-electron chi connectivity index (χ0n) is 15.5. The summed E-state index contributed by atoms with van der Waals surface area (Å²) in [5.41, 5.74) is 14.0. The van der Waals surface area contributed by atoms with Crippen LogP contribution in [0.2, 0.25) is 0 Å². The van der Waals surface area contributed by atoms with Crippen molar-refractivity contribution in [3.63, 3.8) is 0 Å². The smallest absolute Gasteiger partial charge is 0.237 e. The van der Waals surface area contributed by atoms with Gasteiger partial charge in [0.05, 0.1) is 6.20 Å². The van der Waals surface area contributed by atoms with Crippen molar-refractivity contribution in [1.82, 2.24) is 15.8 Å². The zero-order chi connectivity index (χ0) is 18.8. The van der Waals surface area contributed by atoms with Gasteiger partial charge in [0.25, 0.3) is 0 Å². The highest BCUT2D eigenvalue weighted by Crippen LogP contribution is 2.42. The Bertz CT molecular complexity index is 825. The van der Waals surface area contributed by atoms with E-state index in [4.69, 9.17) is 10.5 Å². The fourth-order valence-electron chi connectivity index (χ4n) is 4.39. The molecule has 2 aromatic rings. The van der Waals surface area contributed by atoms with Gasteiger partial charge < -0.3 is 10.5 Å². The predicted molar refractivity (Wildman–Crippen MR) is 103 cm³/mol. The van der Waals surface area contributed by atoms with E-state index in [2.05, 4.69) is 21.9 Å². The van der Waals surface area contributed by atoms with E-state index in [1.807, 2.05) is 37.4 Å². The lowest BCUT2D eigenvalue weighted by Crippen LogP contribution is -2.62. The van der Waals surface area contributed by atoms with Gasteiger partial charge in [-0.25, -0.2) is 5.43 Å². The molecule has 1 amide bonds. The maximum atomic E-state index is 12.2. The molecule has 2 heterocycles. The Morgan fingerprint density at radius 3 is 2.93 bits per heavy atom. The number of rotatable bonds is 4. The van der Waals surface area contributed by atoms with Gasteiger partial charge in [-0.05, 0) is 61.3 Å². The van der Waals surface area contributed by atoms with Gasteiger partial charge in [-0.3, -0.25) is 15.2 Å². The van der Waals surface area contributed by atoms with Crippen LogP contribution in [0.25, 0.3) is 0 Å². The van der Waals surface area contributed by atoms with Crippen LogP contribution < -0.4 is 21.3 Å². The van der Waals surface area contributed by atoms with Crippen molar-refractivity contribution in [3.05, 3.63) is 53.9 Å². The average Bonchev–Trinajstić information content (AvgIpc) is 2.70. The van der Waals surface area contributed by atoms with Crippen LogP contribution in [0.4, 0.5) is 0 Å². The molecule has 0 bridgehead atoms. The number of hydrazine groups is 1. The Labute approximate surface area is 159 Å². The summed E-state index contributed by atoms with van der Waals surface area (Å²) in [5.74, 6) is 2.35. The zero-order valence-corrected chi connectivity index (χ0v) is 15.5. The van der Waals surface area contributed by atoms with Crippen molar-refractivity contribution in [3.8, 4) is 11.5 Å². The van der Waals surface area contributed by atoms with E-state index in [1.54, 1.807) is 6.20 Å². The van der Waals surface area contributed by atoms with E-state index in [9.17, 15) is 4.79 Å². The minimum Gasteiger partial charge on any atom is -0.455 e. The van der Waals surface area contributed by atoms with E-state index >= 15 is 0 Å². The molecule has 1 aliphatic heterocycles. The number of pyridine rings is 1. The van der Waals surface area contributed by atoms with Crippen LogP contribution >= 0.6 is 0 Å². The molecule has 2 fully saturated rings. The molecule has 6 heteroatoms. The standard InChI is InChI=1S/C21H26N4O2/c1-13-4-2-3-5-20(13)27-16-8-15(11-23-12-16)14-6-7-17-18(9-14)19(10-22)24-25-21(17)26/h2-5,8,11-12,14,17-19,24H,6-7,9-10,22H2,1H3,(H,25,26). The minimum atomic E-state index is 0.0513. The average molecular weight is 366 g/mol. The van der Waals surface area contributed by atoms with Crippen molar-refractivity contribution in [2.45, 2.75) is 38.1 Å². The Balaban J connectivity index is 1.52. The topological polar surface area (TPSA) is 89.3 Å². The van der Waals surface area contributed by atoms with Gasteiger partial charge >= 0.3 is 0 Å². The van der Waals surface area contributed by atoms with Crippen LogP contribution in [0.15, 0.2) is 42.7 Å². The lowest BCUT2D eigenvalue weighted by atomic mass is 9.68. The molecule has 4 rings (SSSR count). The van der Waals surface area contributed by atoms with Crippen LogP contribution in [-0.2, 0) is 4.79 Å². The van der Waals surface area contributed by atoms with E-state index < -0.39 is 0 Å². The molecule has 1 aliphatic carbocycles. The van der Waals surface area contributed by atoms with Gasteiger partial charge in [0, 0.05) is 24.7 Å². The molecule has 6 nitrogen and oxygen atoms in total. The summed E-state index contributed by atoms with van der Waals surface area (Å²) in [6, 6.07) is 10.2. The summed E-state index contributed by atoms with van der Waals surface area (Å²) in [7, 11) is 0. The molecule has 1 saturated carbocycles. The molecule has 4 N–H and O–H groups in total. The van der Waals surface area contributed by atoms with E-state index in [1.165, 1.54) is 5.56 Å². The van der Waals surface area contributed by atoms with E-state index in [0.717, 1.165) is 36.3 Å². The number of para-hydroxylation sites is 1. The Kier molecular flexibility index (Phi) is 5.09. The first kappa shape index (κ1) is 17.9. The predicted octanol–water partition coefficient (Wildman–Crippen LogP) is 2.64. The number of nitrogens with one attached hydrogen (secondary N) is 2. The number of aromatic nitrogens is 1. The minimum absolute atomic E-state index is 0.0513. The van der Waals surface area contributed by atoms with Gasteiger partial charge in [0.15, 0.2) is 0 Å². The third kappa shape index (κ3) is 3.68. The van der Waals surface area contributed by atoms with Crippen molar-refractivity contribution in [2.75, 3.05) is 6.54 Å². The number of fused-ring (bicyclic) bond motifs is 1. The maximum Gasteiger partial charge on any atom is 0.237 e. The number of hydrogen-bond acceptors (Lipinski definition) is 5. The Morgan fingerprint density at radius 1 is 1.26 bits per heavy atom. The van der Waals surface area contributed by atoms with E-state index in [0.29, 0.717) is 12.5 Å². The third-order valence-electron chi connectivity index (χ3n) is 5.92. The van der Waals surface area contributed by atoms with Gasteiger partial charge in [-0.2, -0.15) is 0 Å². The van der Waals surface area contributed by atoms with Crippen LogP contribution in [0.1, 0.15) is 36.3 Å². The fraction of sp³-hybridized carbons (Fsp3) is 0.429. The van der Waals surface area contributed by atoms with E-state index in [-0.39, 0.29) is 23.8 Å². The summed E-state index contributed by atoms with van der Waals surface area (Å²) in [6.45, 7) is 2.55. The number of nitrogens with two attached hydrogens (primary N) is 1. The number of carbonyl (C=O) groups is 1. The fourth-order valence-corrected chi connectivity index (χ4v) is 4.39. The number of ether oxygens (including phenoxy) is 1. The molecule has 1 saturated heterocycles. The first-order valence-electron chi connectivity index (χ1n) is 9.59. The third-order valence-corrected chi connectivity index (χ3v) is 5.92. The molecule has 2 aliphatic rings. The highest BCUT2D eigenvalue weighted by molar-refractivity contribution is 5.79. The van der Waals surface area contributed by atoms with Gasteiger partial charge in [0.2, 0.25) is 5.91 Å². The Hall–Kier alpha value is -2.44. The number of nitrogens with zero attached hydrogens (tertiary/aromatic N) is 1. The largest absolute Gasteiger partial charge is 0.455 e. The van der Waals surface area contributed by atoms with Crippen molar-refractivity contribution in [2.24, 2.45) is 17.6 Å². The summed E-state index contributed by atoms with van der Waals surface area (Å²) in [6.07, 6.45) is 6.45. The summed E-state index contributed by atoms with van der Waals surface area (Å²) >= 11 is 0. The molecule has 0 radical (unpaired) electrons. The number of carbonyl (C=O) groups excluding carboxylic acids is 1. The van der Waals surface area contributed by atoms with Crippen LogP contribution in [-0.4, -0.2) is 23.5 Å². The molecule has 4 atom stereocenters. The SMILES string of the molecule is Cc1ccccc1Oc1cncc(C2CCC3C(=O)NNC(CN)C3C2)c1. The molecule has 4 unspecified atom stereocenters. The van der Waals surface area contributed by atoms with Crippen molar-refractivity contribution < 1.29 is 9.53 Å².